The van der Waals surface area contributed by atoms with Crippen LogP contribution >= 0.6 is 12.2 Å². The maximum atomic E-state index is 13.5. The molecule has 12 heteroatoms. The third-order valence-electron chi connectivity index (χ3n) is 6.51. The second kappa shape index (κ2) is 10.2. The monoisotopic (exact) mass is 542 g/mol. The lowest BCUT2D eigenvalue weighted by molar-refractivity contribution is -0.137. The van der Waals surface area contributed by atoms with Crippen LogP contribution in [0.4, 0.5) is 18.9 Å². The first-order valence-electron chi connectivity index (χ1n) is 11.8. The van der Waals surface area contributed by atoms with Gasteiger partial charge in [0.15, 0.2) is 5.11 Å². The fourth-order valence-corrected chi connectivity index (χ4v) is 4.65. The summed E-state index contributed by atoms with van der Waals surface area (Å²) >= 11 is 5.56. The number of nitriles is 1. The minimum absolute atomic E-state index is 0.0487. The molecule has 0 bridgehead atoms. The van der Waals surface area contributed by atoms with Gasteiger partial charge in [0.2, 0.25) is 0 Å². The van der Waals surface area contributed by atoms with E-state index in [9.17, 15) is 23.1 Å². The van der Waals surface area contributed by atoms with Gasteiger partial charge in [-0.2, -0.15) is 18.4 Å². The molecule has 0 radical (unpaired) electrons. The summed E-state index contributed by atoms with van der Waals surface area (Å²) in [7, 11) is 0. The highest BCUT2D eigenvalue weighted by Crippen LogP contribution is 2.38. The number of thiocarbonyl (C=S) groups is 1. The quantitative estimate of drug-likeness (QED) is 0.443. The van der Waals surface area contributed by atoms with Crippen LogP contribution in [0.3, 0.4) is 0 Å². The number of amides is 1. The van der Waals surface area contributed by atoms with Crippen molar-refractivity contribution in [2.24, 2.45) is 0 Å². The lowest BCUT2D eigenvalue weighted by Gasteiger charge is -2.29. The minimum Gasteiger partial charge on any atom is -0.393 e. The molecule has 1 atom stereocenters. The van der Waals surface area contributed by atoms with E-state index in [1.165, 1.54) is 6.07 Å². The molecule has 0 aliphatic carbocycles. The number of hydrogen-bond donors (Lipinski definition) is 1. The van der Waals surface area contributed by atoms with Gasteiger partial charge in [-0.1, -0.05) is 24.3 Å². The fourth-order valence-electron chi connectivity index (χ4n) is 4.17. The van der Waals surface area contributed by atoms with Crippen LogP contribution in [0.25, 0.3) is 5.69 Å². The van der Waals surface area contributed by atoms with Gasteiger partial charge in [0.05, 0.1) is 46.6 Å². The molecule has 4 rings (SSSR count). The summed E-state index contributed by atoms with van der Waals surface area (Å²) in [6, 6.07) is 12.0. The number of halogens is 3. The highest BCUT2D eigenvalue weighted by atomic mass is 32.1. The largest absolute Gasteiger partial charge is 0.417 e. The highest BCUT2D eigenvalue weighted by Gasteiger charge is 2.49. The Hall–Kier alpha value is -3.82. The van der Waals surface area contributed by atoms with Crippen LogP contribution in [-0.4, -0.2) is 47.7 Å². The second-order valence-electron chi connectivity index (χ2n) is 9.49. The van der Waals surface area contributed by atoms with Crippen molar-refractivity contribution in [1.29, 1.82) is 5.26 Å². The third kappa shape index (κ3) is 5.12. The first kappa shape index (κ1) is 27.2. The molecule has 1 unspecified atom stereocenters. The van der Waals surface area contributed by atoms with Crippen molar-refractivity contribution in [1.82, 2.24) is 19.9 Å². The van der Waals surface area contributed by atoms with Gasteiger partial charge in [-0.3, -0.25) is 9.69 Å². The van der Waals surface area contributed by atoms with Crippen molar-refractivity contribution in [2.45, 2.75) is 58.0 Å². The molecule has 1 aliphatic heterocycles. The molecule has 1 saturated heterocycles. The van der Waals surface area contributed by atoms with Crippen molar-refractivity contribution >= 4 is 28.9 Å². The summed E-state index contributed by atoms with van der Waals surface area (Å²) in [5, 5.41) is 27.2. The normalized spacial score (nSPS) is 16.2. The van der Waals surface area contributed by atoms with Gasteiger partial charge in [0.25, 0.3) is 5.91 Å². The average molecular weight is 543 g/mol. The Morgan fingerprint density at radius 1 is 1.16 bits per heavy atom. The maximum Gasteiger partial charge on any atom is 0.417 e. The summed E-state index contributed by atoms with van der Waals surface area (Å²) in [6.45, 7) is 5.44. The van der Waals surface area contributed by atoms with Crippen LogP contribution in [-0.2, 0) is 23.9 Å². The van der Waals surface area contributed by atoms with Crippen LogP contribution in [0, 0.1) is 11.3 Å². The highest BCUT2D eigenvalue weighted by molar-refractivity contribution is 7.80. The molecule has 2 aromatic carbocycles. The van der Waals surface area contributed by atoms with Gasteiger partial charge in [-0.15, -0.1) is 5.10 Å². The number of alkyl halides is 3. The van der Waals surface area contributed by atoms with E-state index in [2.05, 4.69) is 10.3 Å². The van der Waals surface area contributed by atoms with E-state index in [1.807, 2.05) is 31.2 Å². The van der Waals surface area contributed by atoms with Crippen molar-refractivity contribution in [3.8, 4) is 11.8 Å². The molecule has 1 aliphatic rings. The first-order chi connectivity index (χ1) is 17.9. The van der Waals surface area contributed by atoms with E-state index < -0.39 is 34.9 Å². The number of benzene rings is 2. The standard InChI is InChI=1S/C26H25F3N6O2S/c1-4-21(36)11-18-15-34(32-31-18)19-8-5-16(6-9-19)14-33-24(38)35(23(37)25(33,2)3)20-10-7-17(13-30)22(12-20)26(27,28)29/h5-10,12,15,21,36H,4,11,14H2,1-3H3. The minimum atomic E-state index is -4.76. The van der Waals surface area contributed by atoms with E-state index in [0.29, 0.717) is 18.5 Å². The number of hydrogen-bond acceptors (Lipinski definition) is 6. The molecule has 0 spiro atoms. The zero-order chi connectivity index (χ0) is 27.8. The second-order valence-corrected chi connectivity index (χ2v) is 9.86. The maximum absolute atomic E-state index is 13.5. The van der Waals surface area contributed by atoms with E-state index in [1.54, 1.807) is 35.7 Å². The number of aliphatic hydroxyl groups excluding tert-OH is 1. The van der Waals surface area contributed by atoms with Crippen molar-refractivity contribution < 1.29 is 23.1 Å². The molecule has 1 N–H and O–H groups in total. The number of aromatic nitrogens is 3. The lowest BCUT2D eigenvalue weighted by atomic mass is 10.0. The molecule has 198 valence electrons. The molecule has 8 nitrogen and oxygen atoms in total. The number of carbonyl (C=O) groups excluding carboxylic acids is 1. The van der Waals surface area contributed by atoms with Crippen molar-refractivity contribution in [3.05, 3.63) is 71.0 Å². The Bertz CT molecular complexity index is 1410. The molecule has 0 saturated carbocycles. The zero-order valence-electron chi connectivity index (χ0n) is 20.9. The lowest BCUT2D eigenvalue weighted by Crippen LogP contribution is -2.43. The van der Waals surface area contributed by atoms with Gasteiger partial charge in [-0.05, 0) is 68.4 Å². The molecular weight excluding hydrogens is 517 g/mol. The Balaban J connectivity index is 1.56. The third-order valence-corrected chi connectivity index (χ3v) is 6.91. The summed E-state index contributed by atoms with van der Waals surface area (Å²) in [4.78, 5) is 16.1. The number of anilines is 1. The van der Waals surface area contributed by atoms with Crippen LogP contribution in [0.1, 0.15) is 49.6 Å². The van der Waals surface area contributed by atoms with Gasteiger partial charge in [0, 0.05) is 13.0 Å². The van der Waals surface area contributed by atoms with Gasteiger partial charge >= 0.3 is 6.18 Å². The Morgan fingerprint density at radius 2 is 1.82 bits per heavy atom. The first-order valence-corrected chi connectivity index (χ1v) is 12.2. The van der Waals surface area contributed by atoms with Crippen molar-refractivity contribution in [3.63, 3.8) is 0 Å². The molecule has 1 fully saturated rings. The molecule has 1 aromatic heterocycles. The smallest absolute Gasteiger partial charge is 0.393 e. The van der Waals surface area contributed by atoms with E-state index in [4.69, 9.17) is 17.5 Å². The number of carbonyl (C=O) groups is 1. The predicted octanol–water partition coefficient (Wildman–Crippen LogP) is 4.38. The number of rotatable bonds is 7. The van der Waals surface area contributed by atoms with Crippen molar-refractivity contribution in [2.75, 3.05) is 4.90 Å². The van der Waals surface area contributed by atoms with Crippen LogP contribution in [0.5, 0.6) is 0 Å². The van der Waals surface area contributed by atoms with E-state index in [-0.39, 0.29) is 17.3 Å². The number of aliphatic hydroxyl groups is 1. The van der Waals surface area contributed by atoms with Gasteiger partial charge in [0.1, 0.15) is 5.54 Å². The SMILES string of the molecule is CCC(O)Cc1cn(-c2ccc(CN3C(=S)N(c4ccc(C#N)c(C(F)(F)F)c4)C(=O)C3(C)C)cc2)nn1. The Labute approximate surface area is 222 Å². The van der Waals surface area contributed by atoms with Crippen LogP contribution < -0.4 is 4.90 Å². The summed E-state index contributed by atoms with van der Waals surface area (Å²) in [6.07, 6.45) is -2.48. The predicted molar refractivity (Wildman–Crippen MR) is 137 cm³/mol. The van der Waals surface area contributed by atoms with Crippen LogP contribution in [0.15, 0.2) is 48.7 Å². The van der Waals surface area contributed by atoms with Gasteiger partial charge < -0.3 is 10.0 Å². The Kier molecular flexibility index (Phi) is 7.27. The summed E-state index contributed by atoms with van der Waals surface area (Å²) in [5.74, 6) is -0.471. The van der Waals surface area contributed by atoms with Gasteiger partial charge in [-0.25, -0.2) is 4.68 Å². The molecular formula is C26H25F3N6O2S. The molecule has 3 aromatic rings. The Morgan fingerprint density at radius 3 is 2.42 bits per heavy atom. The van der Waals surface area contributed by atoms with Crippen LogP contribution in [0.2, 0.25) is 0 Å². The fraction of sp³-hybridized carbons (Fsp3) is 0.346. The topological polar surface area (TPSA) is 98.3 Å². The van der Waals surface area contributed by atoms with E-state index >= 15 is 0 Å². The molecule has 38 heavy (non-hydrogen) atoms. The molecule has 1 amide bonds. The zero-order valence-corrected chi connectivity index (χ0v) is 21.7. The number of nitrogens with zero attached hydrogens (tertiary/aromatic N) is 6. The summed E-state index contributed by atoms with van der Waals surface area (Å²) < 4.78 is 42.2. The molecule has 2 heterocycles. The summed E-state index contributed by atoms with van der Waals surface area (Å²) in [5.41, 5.74) is -0.595. The average Bonchev–Trinajstić information content (AvgIpc) is 3.40. The van der Waals surface area contributed by atoms with E-state index in [0.717, 1.165) is 28.3 Å².